The van der Waals surface area contributed by atoms with Crippen LogP contribution < -0.4 is 10.6 Å². The van der Waals surface area contributed by atoms with Gasteiger partial charge in [-0.3, -0.25) is 14.5 Å². The fourth-order valence-corrected chi connectivity index (χ4v) is 5.09. The summed E-state index contributed by atoms with van der Waals surface area (Å²) in [5, 5.41) is 5.58. The number of urea groups is 1. The van der Waals surface area contributed by atoms with Crippen molar-refractivity contribution >= 4 is 17.8 Å². The number of halogens is 3. The molecule has 2 aromatic carbocycles. The molecule has 1 aromatic heterocycles. The quantitative estimate of drug-likeness (QED) is 0.372. The first-order valence-corrected chi connectivity index (χ1v) is 12.9. The molecule has 0 saturated carbocycles. The minimum Gasteiger partial charge on any atom is -0.467 e. The Morgan fingerprint density at radius 2 is 1.83 bits per heavy atom. The Morgan fingerprint density at radius 3 is 2.46 bits per heavy atom. The highest BCUT2D eigenvalue weighted by molar-refractivity contribution is 6.03. The summed E-state index contributed by atoms with van der Waals surface area (Å²) >= 11 is 0. The topological polar surface area (TPSA) is 94.9 Å². The highest BCUT2D eigenvalue weighted by Gasteiger charge is 2.47. The smallest absolute Gasteiger partial charge is 0.416 e. The number of hydrogen-bond donors (Lipinski definition) is 2. The normalized spacial score (nSPS) is 17.8. The lowest BCUT2D eigenvalue weighted by Gasteiger charge is -2.33. The van der Waals surface area contributed by atoms with Crippen molar-refractivity contribution in [3.63, 3.8) is 0 Å². The number of nitrogens with zero attached hydrogens (tertiary/aromatic N) is 2. The Kier molecular flexibility index (Phi) is 7.69. The van der Waals surface area contributed by atoms with Crippen LogP contribution >= 0.6 is 0 Å². The van der Waals surface area contributed by atoms with Gasteiger partial charge in [-0.2, -0.15) is 13.2 Å². The summed E-state index contributed by atoms with van der Waals surface area (Å²) in [5.41, 5.74) is 0.860. The van der Waals surface area contributed by atoms with Gasteiger partial charge in [0.15, 0.2) is 0 Å². The molecule has 0 bridgehead atoms. The van der Waals surface area contributed by atoms with Gasteiger partial charge in [-0.25, -0.2) is 4.79 Å². The first-order chi connectivity index (χ1) is 19.7. The number of carbonyl (C=O) groups excluding carboxylic acids is 3. The maximum atomic E-state index is 14.1. The standard InChI is InChI=1S/C30H27F3N4O4/c1-2-14-36-24-18-37(23(16-19-7-4-3-5-8-19)27(38)34-17-22-9-6-15-41-22)28(39)25(24)26(35-29(36)40)20-10-12-21(13-11-20)30(31,32)33/h2-13,15,23,26H,1,14,16-18H2,(H,34,38)(H,35,40)/t23-,26+/m0/s1. The predicted octanol–water partition coefficient (Wildman–Crippen LogP) is 4.57. The summed E-state index contributed by atoms with van der Waals surface area (Å²) in [6.45, 7) is 3.86. The Bertz CT molecular complexity index is 1470. The lowest BCUT2D eigenvalue weighted by molar-refractivity contribution is -0.137. The molecule has 41 heavy (non-hydrogen) atoms. The lowest BCUT2D eigenvalue weighted by atomic mass is 9.94. The largest absolute Gasteiger partial charge is 0.467 e. The second-order valence-electron chi connectivity index (χ2n) is 9.70. The molecule has 2 N–H and O–H groups in total. The minimum atomic E-state index is -4.53. The van der Waals surface area contributed by atoms with Crippen LogP contribution in [0, 0.1) is 0 Å². The molecule has 2 aliphatic heterocycles. The lowest BCUT2D eigenvalue weighted by Crippen LogP contribution is -2.49. The molecule has 2 atom stereocenters. The minimum absolute atomic E-state index is 0.0434. The number of nitrogens with one attached hydrogen (secondary N) is 2. The van der Waals surface area contributed by atoms with E-state index in [4.69, 9.17) is 4.42 Å². The van der Waals surface area contributed by atoms with Crippen LogP contribution in [0.2, 0.25) is 0 Å². The predicted molar refractivity (Wildman–Crippen MR) is 143 cm³/mol. The van der Waals surface area contributed by atoms with Gasteiger partial charge < -0.3 is 20.0 Å². The molecule has 3 aromatic rings. The zero-order chi connectivity index (χ0) is 29.1. The van der Waals surface area contributed by atoms with Crippen LogP contribution in [0.3, 0.4) is 0 Å². The zero-order valence-corrected chi connectivity index (χ0v) is 21.9. The number of rotatable bonds is 9. The van der Waals surface area contributed by atoms with Gasteiger partial charge in [0.05, 0.1) is 42.2 Å². The van der Waals surface area contributed by atoms with Crippen LogP contribution in [0.1, 0.15) is 28.5 Å². The van der Waals surface area contributed by atoms with Crippen LogP contribution in [0.4, 0.5) is 18.0 Å². The first kappa shape index (κ1) is 27.8. The van der Waals surface area contributed by atoms with Crippen molar-refractivity contribution < 1.29 is 32.0 Å². The summed E-state index contributed by atoms with van der Waals surface area (Å²) in [4.78, 5) is 43.5. The van der Waals surface area contributed by atoms with E-state index in [9.17, 15) is 27.6 Å². The van der Waals surface area contributed by atoms with Gasteiger partial charge in [0.1, 0.15) is 11.8 Å². The van der Waals surface area contributed by atoms with E-state index in [1.165, 1.54) is 34.3 Å². The van der Waals surface area contributed by atoms with Crippen LogP contribution in [0.15, 0.2) is 101 Å². The van der Waals surface area contributed by atoms with E-state index in [0.29, 0.717) is 17.0 Å². The summed E-state index contributed by atoms with van der Waals surface area (Å²) < 4.78 is 44.9. The highest BCUT2D eigenvalue weighted by Crippen LogP contribution is 2.38. The molecule has 3 heterocycles. The summed E-state index contributed by atoms with van der Waals surface area (Å²) in [7, 11) is 0. The van der Waals surface area contributed by atoms with Crippen molar-refractivity contribution in [2.75, 3.05) is 13.1 Å². The van der Waals surface area contributed by atoms with Gasteiger partial charge in [-0.15, -0.1) is 6.58 Å². The first-order valence-electron chi connectivity index (χ1n) is 12.9. The van der Waals surface area contributed by atoms with Gasteiger partial charge in [0.2, 0.25) is 5.91 Å². The molecule has 8 nitrogen and oxygen atoms in total. The Balaban J connectivity index is 1.49. The third-order valence-corrected chi connectivity index (χ3v) is 7.10. The zero-order valence-electron chi connectivity index (χ0n) is 21.9. The molecular weight excluding hydrogens is 537 g/mol. The van der Waals surface area contributed by atoms with Gasteiger partial charge in [0, 0.05) is 13.0 Å². The van der Waals surface area contributed by atoms with Crippen molar-refractivity contribution in [2.45, 2.75) is 31.2 Å². The molecule has 2 aliphatic rings. The van der Waals surface area contributed by atoms with E-state index in [2.05, 4.69) is 17.2 Å². The molecule has 0 spiro atoms. The van der Waals surface area contributed by atoms with Crippen molar-refractivity contribution in [1.29, 1.82) is 0 Å². The number of benzene rings is 2. The number of alkyl halides is 3. The molecule has 11 heteroatoms. The molecule has 0 unspecified atom stereocenters. The molecule has 0 saturated heterocycles. The van der Waals surface area contributed by atoms with E-state index in [0.717, 1.165) is 17.7 Å². The van der Waals surface area contributed by atoms with Crippen LogP contribution in [0.25, 0.3) is 0 Å². The third-order valence-electron chi connectivity index (χ3n) is 7.10. The van der Waals surface area contributed by atoms with Crippen LogP contribution in [-0.4, -0.2) is 46.8 Å². The molecule has 0 radical (unpaired) electrons. The average molecular weight is 565 g/mol. The summed E-state index contributed by atoms with van der Waals surface area (Å²) in [6, 6.07) is 14.5. The van der Waals surface area contributed by atoms with Crippen molar-refractivity contribution in [1.82, 2.24) is 20.4 Å². The monoisotopic (exact) mass is 564 g/mol. The molecular formula is C30H27F3N4O4. The number of hydrogen-bond acceptors (Lipinski definition) is 4. The van der Waals surface area contributed by atoms with Crippen molar-refractivity contribution in [2.24, 2.45) is 0 Å². The van der Waals surface area contributed by atoms with E-state index in [1.807, 2.05) is 30.3 Å². The van der Waals surface area contributed by atoms with Crippen molar-refractivity contribution in [3.05, 3.63) is 119 Å². The Labute approximate surface area is 234 Å². The molecule has 212 valence electrons. The fourth-order valence-electron chi connectivity index (χ4n) is 5.09. The van der Waals surface area contributed by atoms with E-state index in [1.54, 1.807) is 12.1 Å². The maximum Gasteiger partial charge on any atom is 0.416 e. The summed E-state index contributed by atoms with van der Waals surface area (Å²) in [6.07, 6.45) is -1.34. The second-order valence-corrected chi connectivity index (χ2v) is 9.70. The van der Waals surface area contributed by atoms with Crippen LogP contribution in [0.5, 0.6) is 0 Å². The van der Waals surface area contributed by atoms with Gasteiger partial charge >= 0.3 is 12.2 Å². The third kappa shape index (κ3) is 5.74. The Morgan fingerprint density at radius 1 is 1.10 bits per heavy atom. The molecule has 5 rings (SSSR count). The maximum absolute atomic E-state index is 14.1. The van der Waals surface area contributed by atoms with E-state index in [-0.39, 0.29) is 31.6 Å². The van der Waals surface area contributed by atoms with E-state index < -0.39 is 41.7 Å². The van der Waals surface area contributed by atoms with Gasteiger partial charge in [-0.1, -0.05) is 48.5 Å². The van der Waals surface area contributed by atoms with Gasteiger partial charge in [0.25, 0.3) is 5.91 Å². The summed E-state index contributed by atoms with van der Waals surface area (Å²) in [5.74, 6) is -0.372. The fraction of sp³-hybridized carbons (Fsp3) is 0.233. The van der Waals surface area contributed by atoms with Crippen molar-refractivity contribution in [3.8, 4) is 0 Å². The second kappa shape index (κ2) is 11.4. The molecule has 4 amide bonds. The van der Waals surface area contributed by atoms with E-state index >= 15 is 0 Å². The molecule has 0 aliphatic carbocycles. The highest BCUT2D eigenvalue weighted by atomic mass is 19.4. The average Bonchev–Trinajstić information content (AvgIpc) is 3.60. The SMILES string of the molecule is C=CCN1C(=O)N[C@H](c2ccc(C(F)(F)F)cc2)C2=C1CN([C@@H](Cc1ccccc1)C(=O)NCc1ccco1)C2=O. The Hall–Kier alpha value is -4.80. The number of furan rings is 1. The van der Waals surface area contributed by atoms with Gasteiger partial charge in [-0.05, 0) is 35.4 Å². The number of carbonyl (C=O) groups is 3. The number of amides is 4. The molecule has 0 fully saturated rings. The van der Waals surface area contributed by atoms with Crippen LogP contribution in [-0.2, 0) is 28.7 Å².